The number of anilines is 1. The molecular formula is C21H21N5O3S3. The minimum Gasteiger partial charge on any atom is -0.376 e. The van der Waals surface area contributed by atoms with Gasteiger partial charge in [-0.2, -0.15) is 0 Å². The molecule has 4 aromatic rings. The van der Waals surface area contributed by atoms with Crippen molar-refractivity contribution in [3.05, 3.63) is 46.1 Å². The van der Waals surface area contributed by atoms with Crippen molar-refractivity contribution in [2.75, 3.05) is 23.9 Å². The number of thioether (sulfide) groups is 2. The van der Waals surface area contributed by atoms with Crippen LogP contribution in [0.15, 0.2) is 50.6 Å². The molecule has 5 rings (SSSR count). The number of rotatable bonds is 7. The summed E-state index contributed by atoms with van der Waals surface area (Å²) in [6, 6.07) is 9.62. The van der Waals surface area contributed by atoms with E-state index < -0.39 is 0 Å². The average Bonchev–Trinajstić information content (AvgIpc) is 3.56. The van der Waals surface area contributed by atoms with E-state index >= 15 is 0 Å². The summed E-state index contributed by atoms with van der Waals surface area (Å²) in [6.07, 6.45) is 3.93. The summed E-state index contributed by atoms with van der Waals surface area (Å²) in [7, 11) is 0. The predicted molar refractivity (Wildman–Crippen MR) is 129 cm³/mol. The molecule has 1 aliphatic heterocycles. The molecule has 3 aromatic heterocycles. The molecule has 0 bridgehead atoms. The Labute approximate surface area is 196 Å². The zero-order valence-electron chi connectivity index (χ0n) is 17.3. The number of ether oxygens (including phenoxy) is 1. The molecule has 0 spiro atoms. The number of fused-ring (bicyclic) bond motifs is 3. The van der Waals surface area contributed by atoms with Gasteiger partial charge < -0.3 is 10.1 Å². The first-order valence-corrected chi connectivity index (χ1v) is 13.3. The maximum atomic E-state index is 13.1. The van der Waals surface area contributed by atoms with Gasteiger partial charge in [-0.15, -0.1) is 33.3 Å². The summed E-state index contributed by atoms with van der Waals surface area (Å²) in [5, 5.41) is 14.0. The quantitative estimate of drug-likeness (QED) is 0.397. The van der Waals surface area contributed by atoms with Gasteiger partial charge in [0, 0.05) is 17.2 Å². The highest BCUT2D eigenvalue weighted by atomic mass is 32.2. The van der Waals surface area contributed by atoms with Crippen LogP contribution in [0.2, 0.25) is 0 Å². The van der Waals surface area contributed by atoms with Gasteiger partial charge in [0.15, 0.2) is 5.16 Å². The second-order valence-corrected chi connectivity index (χ2v) is 10.1. The molecule has 8 nitrogen and oxygen atoms in total. The lowest BCUT2D eigenvalue weighted by atomic mass is 10.2. The van der Waals surface area contributed by atoms with Gasteiger partial charge in [-0.1, -0.05) is 17.8 Å². The van der Waals surface area contributed by atoms with E-state index in [0.717, 1.165) is 35.5 Å². The van der Waals surface area contributed by atoms with Crippen LogP contribution in [-0.4, -0.2) is 49.8 Å². The Morgan fingerprint density at radius 1 is 1.34 bits per heavy atom. The second kappa shape index (κ2) is 9.26. The summed E-state index contributed by atoms with van der Waals surface area (Å²) >= 11 is 4.33. The Morgan fingerprint density at radius 2 is 2.25 bits per heavy atom. The first-order chi connectivity index (χ1) is 15.6. The third kappa shape index (κ3) is 4.17. The molecule has 1 fully saturated rings. The van der Waals surface area contributed by atoms with Crippen molar-refractivity contribution in [2.24, 2.45) is 0 Å². The molecule has 0 saturated carbocycles. The molecule has 166 valence electrons. The lowest BCUT2D eigenvalue weighted by molar-refractivity contribution is -0.113. The maximum absolute atomic E-state index is 13.1. The van der Waals surface area contributed by atoms with E-state index in [1.165, 1.54) is 23.1 Å². The number of hydrogen-bond donors (Lipinski definition) is 1. The van der Waals surface area contributed by atoms with Gasteiger partial charge in [-0.05, 0) is 48.7 Å². The highest BCUT2D eigenvalue weighted by Gasteiger charge is 2.23. The second-order valence-electron chi connectivity index (χ2n) is 7.37. The van der Waals surface area contributed by atoms with Crippen molar-refractivity contribution in [3.63, 3.8) is 0 Å². The Kier molecular flexibility index (Phi) is 6.22. The van der Waals surface area contributed by atoms with E-state index in [-0.39, 0.29) is 23.3 Å². The van der Waals surface area contributed by atoms with Crippen LogP contribution < -0.4 is 10.9 Å². The summed E-state index contributed by atoms with van der Waals surface area (Å²) < 4.78 is 9.91. The summed E-state index contributed by atoms with van der Waals surface area (Å²) in [4.78, 5) is 26.7. The fourth-order valence-corrected chi connectivity index (χ4v) is 5.80. The van der Waals surface area contributed by atoms with Crippen LogP contribution in [0.4, 0.5) is 5.69 Å². The Hall–Kier alpha value is -2.34. The number of carbonyl (C=O) groups is 1. The minimum absolute atomic E-state index is 0.00420. The van der Waals surface area contributed by atoms with Gasteiger partial charge in [0.1, 0.15) is 4.70 Å². The van der Waals surface area contributed by atoms with E-state index in [2.05, 4.69) is 15.5 Å². The smallest absolute Gasteiger partial charge is 0.272 e. The number of aromatic nitrogens is 4. The molecule has 0 unspecified atom stereocenters. The standard InChI is InChI=1S/C21H21N5O3S3/c1-30-15-6-2-4-13(10-15)22-17(27)12-32-21-24-23-20-25(11-14-5-3-8-29-14)19(28)18-16(26(20)21)7-9-31-18/h2,4,6-7,9-10,14H,3,5,8,11-12H2,1H3,(H,22,27)/t14-/m1/s1. The number of carbonyl (C=O) groups excluding carboxylic acids is 1. The molecule has 1 N–H and O–H groups in total. The number of thiophene rings is 1. The molecule has 1 aliphatic rings. The van der Waals surface area contributed by atoms with E-state index in [9.17, 15) is 9.59 Å². The molecule has 4 heterocycles. The van der Waals surface area contributed by atoms with Crippen LogP contribution in [0, 0.1) is 0 Å². The molecule has 1 saturated heterocycles. The number of benzene rings is 1. The zero-order valence-corrected chi connectivity index (χ0v) is 19.8. The SMILES string of the molecule is CSc1cccc(NC(=O)CSc2nnc3n(C[C@H]4CCCO4)c(=O)c4sccc4n23)c1. The molecule has 1 amide bonds. The fraction of sp³-hybridized carbons (Fsp3) is 0.333. The van der Waals surface area contributed by atoms with Gasteiger partial charge in [0.05, 0.1) is 23.9 Å². The van der Waals surface area contributed by atoms with Crippen LogP contribution in [0.25, 0.3) is 16.0 Å². The number of hydrogen-bond acceptors (Lipinski definition) is 8. The van der Waals surface area contributed by atoms with Crippen LogP contribution in [0.1, 0.15) is 12.8 Å². The average molecular weight is 488 g/mol. The molecule has 1 aromatic carbocycles. The van der Waals surface area contributed by atoms with E-state index in [1.807, 2.05) is 46.4 Å². The summed E-state index contributed by atoms with van der Waals surface area (Å²) in [5.74, 6) is 0.534. The third-order valence-electron chi connectivity index (χ3n) is 5.28. The number of nitrogens with one attached hydrogen (secondary N) is 1. The molecule has 0 radical (unpaired) electrons. The van der Waals surface area contributed by atoms with Crippen LogP contribution in [0.5, 0.6) is 0 Å². The first kappa shape index (κ1) is 21.5. The van der Waals surface area contributed by atoms with Crippen molar-refractivity contribution in [1.29, 1.82) is 0 Å². The number of amides is 1. The lowest BCUT2D eigenvalue weighted by Crippen LogP contribution is -2.28. The van der Waals surface area contributed by atoms with Gasteiger partial charge in [-0.3, -0.25) is 18.6 Å². The lowest BCUT2D eigenvalue weighted by Gasteiger charge is -2.13. The third-order valence-corrected chi connectivity index (χ3v) is 7.82. The summed E-state index contributed by atoms with van der Waals surface area (Å²) in [5.41, 5.74) is 1.45. The fourth-order valence-electron chi connectivity index (χ4n) is 3.78. The Bertz CT molecular complexity index is 1340. The van der Waals surface area contributed by atoms with Gasteiger partial charge in [-0.25, -0.2) is 0 Å². The van der Waals surface area contributed by atoms with Crippen molar-refractivity contribution >= 4 is 62.4 Å². The Balaban J connectivity index is 1.41. The van der Waals surface area contributed by atoms with E-state index in [1.54, 1.807) is 16.3 Å². The van der Waals surface area contributed by atoms with Crippen LogP contribution in [-0.2, 0) is 16.1 Å². The van der Waals surface area contributed by atoms with Crippen molar-refractivity contribution in [2.45, 2.75) is 35.5 Å². The highest BCUT2D eigenvalue weighted by molar-refractivity contribution is 7.99. The number of nitrogens with zero attached hydrogens (tertiary/aromatic N) is 4. The summed E-state index contributed by atoms with van der Waals surface area (Å²) in [6.45, 7) is 1.17. The van der Waals surface area contributed by atoms with Crippen LogP contribution >= 0.6 is 34.9 Å². The minimum atomic E-state index is -0.126. The molecule has 0 aliphatic carbocycles. The van der Waals surface area contributed by atoms with E-state index in [4.69, 9.17) is 4.74 Å². The highest BCUT2D eigenvalue weighted by Crippen LogP contribution is 2.26. The normalized spacial score (nSPS) is 16.2. The monoisotopic (exact) mass is 487 g/mol. The largest absolute Gasteiger partial charge is 0.376 e. The maximum Gasteiger partial charge on any atom is 0.272 e. The van der Waals surface area contributed by atoms with Gasteiger partial charge in [0.25, 0.3) is 5.56 Å². The van der Waals surface area contributed by atoms with E-state index in [0.29, 0.717) is 22.2 Å². The van der Waals surface area contributed by atoms with Gasteiger partial charge in [0.2, 0.25) is 11.7 Å². The first-order valence-electron chi connectivity index (χ1n) is 10.2. The van der Waals surface area contributed by atoms with Crippen molar-refractivity contribution in [3.8, 4) is 0 Å². The zero-order chi connectivity index (χ0) is 22.1. The Morgan fingerprint density at radius 3 is 3.06 bits per heavy atom. The van der Waals surface area contributed by atoms with Crippen LogP contribution in [0.3, 0.4) is 0 Å². The predicted octanol–water partition coefficient (Wildman–Crippen LogP) is 3.74. The topological polar surface area (TPSA) is 90.5 Å². The molecule has 1 atom stereocenters. The van der Waals surface area contributed by atoms with Crippen molar-refractivity contribution < 1.29 is 9.53 Å². The molecule has 11 heteroatoms. The van der Waals surface area contributed by atoms with Gasteiger partial charge >= 0.3 is 0 Å². The van der Waals surface area contributed by atoms with Crippen molar-refractivity contribution in [1.82, 2.24) is 19.2 Å². The molecular weight excluding hydrogens is 466 g/mol. The molecule has 32 heavy (non-hydrogen) atoms.